The molecular formula is C29H35Cl2N5O3S. The van der Waals surface area contributed by atoms with E-state index in [-0.39, 0.29) is 34.9 Å². The van der Waals surface area contributed by atoms with Crippen molar-refractivity contribution in [1.29, 1.82) is 0 Å². The number of fused-ring (bicyclic) bond motifs is 1. The molecule has 0 spiro atoms. The van der Waals surface area contributed by atoms with Crippen LogP contribution in [0.25, 0.3) is 10.9 Å². The Morgan fingerprint density at radius 2 is 1.82 bits per heavy atom. The van der Waals surface area contributed by atoms with Gasteiger partial charge in [0.1, 0.15) is 11.9 Å². The number of sulfone groups is 1. The van der Waals surface area contributed by atoms with Crippen LogP contribution in [0.3, 0.4) is 0 Å². The number of hydrogen-bond acceptors (Lipinski definition) is 7. The zero-order valence-corrected chi connectivity index (χ0v) is 25.3. The predicted molar refractivity (Wildman–Crippen MR) is 160 cm³/mol. The molecule has 1 N–H and O–H groups in total. The molecule has 1 saturated heterocycles. The van der Waals surface area contributed by atoms with Crippen molar-refractivity contribution in [2.24, 2.45) is 5.92 Å². The number of nitrogens with zero attached hydrogens (tertiary/aromatic N) is 4. The smallest absolute Gasteiger partial charge is 0.245 e. The molecule has 2 fully saturated rings. The molecule has 3 aromatic rings. The molecule has 8 nitrogen and oxygen atoms in total. The summed E-state index contributed by atoms with van der Waals surface area (Å²) >= 11 is 12.4. The molecule has 5 rings (SSSR count). The largest absolute Gasteiger partial charge is 0.358 e. The second-order valence-electron chi connectivity index (χ2n) is 11.2. The van der Waals surface area contributed by atoms with E-state index in [2.05, 4.69) is 41.1 Å². The van der Waals surface area contributed by atoms with Gasteiger partial charge in [0.25, 0.3) is 0 Å². The van der Waals surface area contributed by atoms with Crippen LogP contribution in [0.4, 0.5) is 5.82 Å². The van der Waals surface area contributed by atoms with Gasteiger partial charge in [-0.2, -0.15) is 0 Å². The molecule has 1 aliphatic heterocycles. The van der Waals surface area contributed by atoms with Crippen LogP contribution in [0.5, 0.6) is 0 Å². The third-order valence-electron chi connectivity index (χ3n) is 8.42. The molecule has 1 aliphatic carbocycles. The lowest BCUT2D eigenvalue weighted by Crippen LogP contribution is -2.52. The molecule has 1 amide bonds. The van der Waals surface area contributed by atoms with Crippen molar-refractivity contribution in [3.63, 3.8) is 0 Å². The van der Waals surface area contributed by atoms with Crippen LogP contribution < -0.4 is 5.32 Å². The first-order valence-electron chi connectivity index (χ1n) is 13.7. The predicted octanol–water partition coefficient (Wildman–Crippen LogP) is 5.30. The van der Waals surface area contributed by atoms with Gasteiger partial charge in [-0.1, -0.05) is 29.8 Å². The molecule has 40 heavy (non-hydrogen) atoms. The summed E-state index contributed by atoms with van der Waals surface area (Å²) in [7, 11) is -1.42. The lowest BCUT2D eigenvalue weighted by atomic mass is 9.81. The summed E-state index contributed by atoms with van der Waals surface area (Å²) < 4.78 is 27.0. The Hall–Kier alpha value is -2.46. The number of nitrogens with one attached hydrogen (secondary N) is 1. The highest BCUT2D eigenvalue weighted by atomic mass is 35.5. The van der Waals surface area contributed by atoms with Crippen LogP contribution >= 0.6 is 23.2 Å². The third kappa shape index (κ3) is 6.08. The average Bonchev–Trinajstić information content (AvgIpc) is 3.28. The molecule has 2 aromatic carbocycles. The second kappa shape index (κ2) is 11.8. The van der Waals surface area contributed by atoms with Crippen LogP contribution in [0, 0.1) is 5.92 Å². The quantitative estimate of drug-likeness (QED) is 0.349. The number of anilines is 1. The van der Waals surface area contributed by atoms with Gasteiger partial charge in [-0.05, 0) is 94.4 Å². The highest BCUT2D eigenvalue weighted by molar-refractivity contribution is 7.91. The van der Waals surface area contributed by atoms with Crippen molar-refractivity contribution >= 4 is 55.7 Å². The fraction of sp³-hybridized carbons (Fsp3) is 0.483. The summed E-state index contributed by atoms with van der Waals surface area (Å²) in [6.45, 7) is 4.85. The zero-order valence-electron chi connectivity index (χ0n) is 22.9. The normalized spacial score (nSPS) is 23.9. The minimum atomic E-state index is -3.52. The minimum absolute atomic E-state index is 0.0106. The van der Waals surface area contributed by atoms with Gasteiger partial charge >= 0.3 is 0 Å². The van der Waals surface area contributed by atoms with Crippen LogP contribution in [0.15, 0.2) is 53.4 Å². The number of amides is 1. The molecule has 0 bridgehead atoms. The summed E-state index contributed by atoms with van der Waals surface area (Å²) in [5.41, 5.74) is 0.632. The van der Waals surface area contributed by atoms with Crippen molar-refractivity contribution in [3.8, 4) is 0 Å². The number of carbonyl (C=O) groups is 1. The number of halogens is 2. The van der Waals surface area contributed by atoms with Crippen LogP contribution in [-0.4, -0.2) is 77.6 Å². The Morgan fingerprint density at radius 3 is 2.55 bits per heavy atom. The van der Waals surface area contributed by atoms with Crippen molar-refractivity contribution in [1.82, 2.24) is 19.8 Å². The molecule has 214 valence electrons. The molecule has 0 unspecified atom stereocenters. The van der Waals surface area contributed by atoms with Gasteiger partial charge in [-0.3, -0.25) is 4.79 Å². The summed E-state index contributed by atoms with van der Waals surface area (Å²) in [6.07, 6.45) is 2.96. The van der Waals surface area contributed by atoms with Gasteiger partial charge in [0.15, 0.2) is 9.84 Å². The van der Waals surface area contributed by atoms with Gasteiger partial charge in [0, 0.05) is 35.1 Å². The van der Waals surface area contributed by atoms with Crippen LogP contribution in [0.2, 0.25) is 10.3 Å². The van der Waals surface area contributed by atoms with Gasteiger partial charge in [-0.25, -0.2) is 18.4 Å². The van der Waals surface area contributed by atoms with E-state index in [0.717, 1.165) is 19.3 Å². The second-order valence-corrected chi connectivity index (χ2v) is 14.0. The van der Waals surface area contributed by atoms with E-state index in [1.807, 2.05) is 11.0 Å². The minimum Gasteiger partial charge on any atom is -0.358 e. The first-order chi connectivity index (χ1) is 19.0. The molecule has 4 atom stereocenters. The monoisotopic (exact) mass is 603 g/mol. The van der Waals surface area contributed by atoms with E-state index in [1.165, 1.54) is 0 Å². The Bertz CT molecular complexity index is 1490. The number of carbonyl (C=O) groups excluding carboxylic acids is 1. The SMILES string of the molecule is CC(C)N(C)[C@@H]1CC[C@H](N2CC[C@H](Nc3nc(Cl)nc4ccc(Cl)cc34)C2=O)[C@H](CS(=O)(=O)c2ccccc2)C1. The molecule has 2 heterocycles. The molecular weight excluding hydrogens is 569 g/mol. The van der Waals surface area contributed by atoms with Crippen LogP contribution in [-0.2, 0) is 14.6 Å². The number of benzene rings is 2. The van der Waals surface area contributed by atoms with Crippen molar-refractivity contribution in [2.45, 2.75) is 68.6 Å². The molecule has 2 aliphatic rings. The molecule has 1 saturated carbocycles. The van der Waals surface area contributed by atoms with Gasteiger partial charge in [-0.15, -0.1) is 0 Å². The summed E-state index contributed by atoms with van der Waals surface area (Å²) in [6, 6.07) is 13.8. The molecule has 1 aromatic heterocycles. The Kier molecular flexibility index (Phi) is 8.57. The average molecular weight is 605 g/mol. The zero-order chi connectivity index (χ0) is 28.6. The highest BCUT2D eigenvalue weighted by Crippen LogP contribution is 2.36. The Balaban J connectivity index is 1.39. The number of aromatic nitrogens is 2. The lowest BCUT2D eigenvalue weighted by Gasteiger charge is -2.44. The maximum Gasteiger partial charge on any atom is 0.245 e. The first kappa shape index (κ1) is 29.0. The number of likely N-dealkylation sites (tertiary alicyclic amines) is 1. The molecule has 11 heteroatoms. The Morgan fingerprint density at radius 1 is 1.07 bits per heavy atom. The van der Waals surface area contributed by atoms with Crippen molar-refractivity contribution in [3.05, 3.63) is 58.8 Å². The fourth-order valence-electron chi connectivity index (χ4n) is 6.12. The van der Waals surface area contributed by atoms with E-state index < -0.39 is 15.9 Å². The standard InChI is InChI=1S/C29H35Cl2N5O3S/c1-18(2)35(3)21-10-12-26(19(15-21)17-40(38,39)22-7-5-4-6-8-22)36-14-13-25(28(36)37)32-27-23-16-20(30)9-11-24(23)33-29(31)34-27/h4-9,11,16,18-19,21,25-26H,10,12-15,17H2,1-3H3,(H,32,33,34)/t19-,21+,25-,26-/m0/s1. The van der Waals surface area contributed by atoms with E-state index in [1.54, 1.807) is 42.5 Å². The number of rotatable bonds is 8. The van der Waals surface area contributed by atoms with Crippen molar-refractivity contribution < 1.29 is 13.2 Å². The summed E-state index contributed by atoms with van der Waals surface area (Å²) in [4.78, 5) is 27.0. The van der Waals surface area contributed by atoms with E-state index in [4.69, 9.17) is 23.2 Å². The third-order valence-corrected chi connectivity index (χ3v) is 10.7. The van der Waals surface area contributed by atoms with Crippen LogP contribution in [0.1, 0.15) is 39.5 Å². The maximum absolute atomic E-state index is 13.8. The maximum atomic E-state index is 13.8. The Labute approximate surface area is 246 Å². The highest BCUT2D eigenvalue weighted by Gasteiger charge is 2.44. The van der Waals surface area contributed by atoms with Gasteiger partial charge in [0.2, 0.25) is 11.2 Å². The lowest BCUT2D eigenvalue weighted by molar-refractivity contribution is -0.132. The van der Waals surface area contributed by atoms with Gasteiger partial charge < -0.3 is 15.1 Å². The van der Waals surface area contributed by atoms with E-state index >= 15 is 0 Å². The van der Waals surface area contributed by atoms with E-state index in [9.17, 15) is 13.2 Å². The molecule has 0 radical (unpaired) electrons. The summed E-state index contributed by atoms with van der Waals surface area (Å²) in [5, 5.41) is 4.59. The number of hydrogen-bond donors (Lipinski definition) is 1. The topological polar surface area (TPSA) is 95.5 Å². The first-order valence-corrected chi connectivity index (χ1v) is 16.1. The van der Waals surface area contributed by atoms with Crippen molar-refractivity contribution in [2.75, 3.05) is 24.7 Å². The van der Waals surface area contributed by atoms with E-state index in [0.29, 0.717) is 45.6 Å². The fourth-order valence-corrected chi connectivity index (χ4v) is 8.16. The summed E-state index contributed by atoms with van der Waals surface area (Å²) in [5.74, 6) is 0.244. The van der Waals surface area contributed by atoms with Gasteiger partial charge in [0.05, 0.1) is 16.2 Å².